The van der Waals surface area contributed by atoms with Crippen LogP contribution in [0.5, 0.6) is 23.0 Å². The lowest BCUT2D eigenvalue weighted by molar-refractivity contribution is 0.0932. The Bertz CT molecular complexity index is 1110. The second-order valence-corrected chi connectivity index (χ2v) is 7.55. The second kappa shape index (κ2) is 9.32. The monoisotopic (exact) mass is 455 g/mol. The van der Waals surface area contributed by atoms with Crippen LogP contribution in [0.25, 0.3) is 11.1 Å². The van der Waals surface area contributed by atoms with Crippen molar-refractivity contribution in [2.75, 3.05) is 27.9 Å². The number of rotatable bonds is 7. The van der Waals surface area contributed by atoms with Gasteiger partial charge in [0.25, 0.3) is 5.91 Å². The van der Waals surface area contributed by atoms with Gasteiger partial charge in [-0.05, 0) is 29.8 Å². The number of hydrogen-bond donors (Lipinski definition) is 1. The van der Waals surface area contributed by atoms with Crippen molar-refractivity contribution in [2.45, 2.75) is 12.5 Å². The SMILES string of the molecule is COc1cc(C(=O)NC[C@H]2Cc3cc(-c4cncnc4)cc(Cl)c3O2)cc(OC)c1OC. The van der Waals surface area contributed by atoms with E-state index in [1.807, 2.05) is 12.1 Å². The molecule has 32 heavy (non-hydrogen) atoms. The second-order valence-electron chi connectivity index (χ2n) is 7.14. The van der Waals surface area contributed by atoms with Crippen LogP contribution in [-0.2, 0) is 6.42 Å². The molecule has 1 N–H and O–H groups in total. The number of nitrogens with zero attached hydrogens (tertiary/aromatic N) is 2. The van der Waals surface area contributed by atoms with Crippen LogP contribution in [0.4, 0.5) is 0 Å². The van der Waals surface area contributed by atoms with E-state index in [0.29, 0.717) is 46.5 Å². The van der Waals surface area contributed by atoms with E-state index in [4.69, 9.17) is 30.5 Å². The Morgan fingerprint density at radius 3 is 2.38 bits per heavy atom. The summed E-state index contributed by atoms with van der Waals surface area (Å²) in [5.41, 5.74) is 3.15. The molecule has 0 saturated heterocycles. The number of amides is 1. The van der Waals surface area contributed by atoms with Gasteiger partial charge < -0.3 is 24.3 Å². The average molecular weight is 456 g/mol. The quantitative estimate of drug-likeness (QED) is 0.582. The Kier molecular flexibility index (Phi) is 6.32. The van der Waals surface area contributed by atoms with Gasteiger partial charge in [-0.25, -0.2) is 9.97 Å². The largest absolute Gasteiger partial charge is 0.493 e. The van der Waals surface area contributed by atoms with Crippen LogP contribution in [0.15, 0.2) is 43.0 Å². The predicted octanol–water partition coefficient (Wildman–Crippen LogP) is 3.56. The van der Waals surface area contributed by atoms with Gasteiger partial charge in [0, 0.05) is 35.5 Å². The number of ether oxygens (including phenoxy) is 4. The van der Waals surface area contributed by atoms with Crippen molar-refractivity contribution in [2.24, 2.45) is 0 Å². The molecule has 0 saturated carbocycles. The van der Waals surface area contributed by atoms with Crippen molar-refractivity contribution < 1.29 is 23.7 Å². The number of aromatic nitrogens is 2. The first-order valence-electron chi connectivity index (χ1n) is 9.86. The lowest BCUT2D eigenvalue weighted by Crippen LogP contribution is -2.34. The number of carbonyl (C=O) groups excluding carboxylic acids is 1. The van der Waals surface area contributed by atoms with E-state index in [0.717, 1.165) is 16.7 Å². The zero-order valence-corrected chi connectivity index (χ0v) is 18.6. The van der Waals surface area contributed by atoms with E-state index < -0.39 is 0 Å². The summed E-state index contributed by atoms with van der Waals surface area (Å²) in [5.74, 6) is 1.60. The molecule has 8 nitrogen and oxygen atoms in total. The highest BCUT2D eigenvalue weighted by atomic mass is 35.5. The van der Waals surface area contributed by atoms with Gasteiger partial charge in [0.05, 0.1) is 32.9 Å². The Hall–Kier alpha value is -3.52. The highest BCUT2D eigenvalue weighted by molar-refractivity contribution is 6.32. The highest BCUT2D eigenvalue weighted by Gasteiger charge is 2.27. The Morgan fingerprint density at radius 1 is 1.06 bits per heavy atom. The molecule has 166 valence electrons. The third-order valence-corrected chi connectivity index (χ3v) is 5.44. The molecule has 0 spiro atoms. The van der Waals surface area contributed by atoms with Crippen LogP contribution in [0.2, 0.25) is 5.02 Å². The van der Waals surface area contributed by atoms with Gasteiger partial charge >= 0.3 is 0 Å². The smallest absolute Gasteiger partial charge is 0.251 e. The van der Waals surface area contributed by atoms with E-state index in [1.165, 1.54) is 27.7 Å². The van der Waals surface area contributed by atoms with Gasteiger partial charge in [-0.15, -0.1) is 0 Å². The molecule has 0 aliphatic carbocycles. The molecular formula is C23H22ClN3O5. The maximum atomic E-state index is 12.8. The average Bonchev–Trinajstić information content (AvgIpc) is 3.25. The molecule has 9 heteroatoms. The third-order valence-electron chi connectivity index (χ3n) is 5.16. The van der Waals surface area contributed by atoms with Crippen LogP contribution < -0.4 is 24.3 Å². The summed E-state index contributed by atoms with van der Waals surface area (Å²) in [4.78, 5) is 20.9. The molecule has 1 amide bonds. The van der Waals surface area contributed by atoms with Crippen molar-refractivity contribution >= 4 is 17.5 Å². The number of nitrogens with one attached hydrogen (secondary N) is 1. The Labute approximate surface area is 190 Å². The molecule has 1 aliphatic rings. The summed E-state index contributed by atoms with van der Waals surface area (Å²) in [6.45, 7) is 0.310. The first kappa shape index (κ1) is 21.7. The zero-order chi connectivity index (χ0) is 22.7. The maximum Gasteiger partial charge on any atom is 0.251 e. The van der Waals surface area contributed by atoms with Gasteiger partial charge in [0.2, 0.25) is 5.75 Å². The maximum absolute atomic E-state index is 12.8. The van der Waals surface area contributed by atoms with Crippen molar-refractivity contribution in [1.29, 1.82) is 0 Å². The molecule has 1 atom stereocenters. The molecule has 2 aromatic carbocycles. The van der Waals surface area contributed by atoms with Gasteiger partial charge in [-0.1, -0.05) is 11.6 Å². The lowest BCUT2D eigenvalue weighted by Gasteiger charge is -2.15. The van der Waals surface area contributed by atoms with E-state index >= 15 is 0 Å². The number of halogens is 1. The standard InChI is InChI=1S/C23H22ClN3O5/c1-29-19-7-15(8-20(30-2)22(19)31-3)23(28)27-11-17-5-14-4-13(6-18(24)21(14)32-17)16-9-25-12-26-10-16/h4,6-10,12,17H,5,11H2,1-3H3,(H,27,28)/t17-/m1/s1. The topological polar surface area (TPSA) is 91.8 Å². The Morgan fingerprint density at radius 2 is 1.75 bits per heavy atom. The van der Waals surface area contributed by atoms with Crippen LogP contribution >= 0.6 is 11.6 Å². The van der Waals surface area contributed by atoms with Crippen molar-refractivity contribution in [3.8, 4) is 34.1 Å². The van der Waals surface area contributed by atoms with Crippen LogP contribution in [-0.4, -0.2) is 49.9 Å². The van der Waals surface area contributed by atoms with Gasteiger partial charge in [0.15, 0.2) is 11.5 Å². The predicted molar refractivity (Wildman–Crippen MR) is 119 cm³/mol. The molecule has 3 aromatic rings. The molecule has 1 aliphatic heterocycles. The zero-order valence-electron chi connectivity index (χ0n) is 17.8. The van der Waals surface area contributed by atoms with Crippen LogP contribution in [0, 0.1) is 0 Å². The third kappa shape index (κ3) is 4.27. The van der Waals surface area contributed by atoms with Gasteiger partial charge in [-0.2, -0.15) is 0 Å². The van der Waals surface area contributed by atoms with Crippen molar-refractivity contribution in [3.63, 3.8) is 0 Å². The van der Waals surface area contributed by atoms with E-state index in [-0.39, 0.29) is 12.0 Å². The fraction of sp³-hybridized carbons (Fsp3) is 0.261. The fourth-order valence-corrected chi connectivity index (χ4v) is 3.92. The van der Waals surface area contributed by atoms with Crippen molar-refractivity contribution in [1.82, 2.24) is 15.3 Å². The van der Waals surface area contributed by atoms with Crippen LogP contribution in [0.1, 0.15) is 15.9 Å². The minimum atomic E-state index is -0.281. The van der Waals surface area contributed by atoms with E-state index in [2.05, 4.69) is 15.3 Å². The van der Waals surface area contributed by atoms with E-state index in [1.54, 1.807) is 24.5 Å². The number of hydrogen-bond acceptors (Lipinski definition) is 7. The number of benzene rings is 2. The first-order chi connectivity index (χ1) is 15.5. The molecular weight excluding hydrogens is 434 g/mol. The molecule has 1 aromatic heterocycles. The number of fused-ring (bicyclic) bond motifs is 1. The van der Waals surface area contributed by atoms with Gasteiger partial charge in [-0.3, -0.25) is 4.79 Å². The normalized spacial score (nSPS) is 14.3. The molecule has 0 fully saturated rings. The minimum Gasteiger partial charge on any atom is -0.493 e. The molecule has 0 bridgehead atoms. The summed E-state index contributed by atoms with van der Waals surface area (Å²) in [6.07, 6.45) is 5.32. The minimum absolute atomic E-state index is 0.240. The molecule has 4 rings (SSSR count). The lowest BCUT2D eigenvalue weighted by atomic mass is 10.0. The first-order valence-corrected chi connectivity index (χ1v) is 10.2. The van der Waals surface area contributed by atoms with E-state index in [9.17, 15) is 4.79 Å². The van der Waals surface area contributed by atoms with Gasteiger partial charge in [0.1, 0.15) is 18.2 Å². The van der Waals surface area contributed by atoms with Crippen LogP contribution in [0.3, 0.4) is 0 Å². The number of carbonyl (C=O) groups is 1. The summed E-state index contributed by atoms with van der Waals surface area (Å²) in [7, 11) is 4.51. The fourth-order valence-electron chi connectivity index (χ4n) is 3.64. The number of methoxy groups -OCH3 is 3. The molecule has 0 radical (unpaired) electrons. The Balaban J connectivity index is 1.46. The molecule has 2 heterocycles. The highest BCUT2D eigenvalue weighted by Crippen LogP contribution is 2.40. The van der Waals surface area contributed by atoms with Crippen molar-refractivity contribution in [3.05, 3.63) is 59.1 Å². The summed E-state index contributed by atoms with van der Waals surface area (Å²) in [5, 5.41) is 3.42. The summed E-state index contributed by atoms with van der Waals surface area (Å²) < 4.78 is 21.9. The summed E-state index contributed by atoms with van der Waals surface area (Å²) >= 11 is 6.45. The molecule has 0 unspecified atom stereocenters. The summed E-state index contributed by atoms with van der Waals surface area (Å²) in [6, 6.07) is 7.05.